The highest BCUT2D eigenvalue weighted by Crippen LogP contribution is 2.20. The minimum Gasteiger partial charge on any atom is -0.465 e. The minimum absolute atomic E-state index is 0.217. The monoisotopic (exact) mass is 288 g/mol. The summed E-state index contributed by atoms with van der Waals surface area (Å²) in [7, 11) is 0. The normalized spacial score (nSPS) is 10.8. The molecule has 2 aromatic rings. The van der Waals surface area contributed by atoms with Crippen LogP contribution in [0.3, 0.4) is 0 Å². The molecule has 0 N–H and O–H groups in total. The first-order chi connectivity index (χ1) is 10.2. The van der Waals surface area contributed by atoms with Gasteiger partial charge in [-0.25, -0.2) is 0 Å². The molecule has 0 aliphatic carbocycles. The molecule has 112 valence electrons. The molecule has 0 saturated carbocycles. The standard InChI is InChI=1S/C16H20N2O3/c1-3-18(12-16(19)20-4-2)11-14-10-15(21-17-14)13-8-6-5-7-9-13/h5-10H,3-4,11-12H2,1-2H3. The second-order valence-corrected chi connectivity index (χ2v) is 4.66. The third-order valence-corrected chi connectivity index (χ3v) is 3.11. The van der Waals surface area contributed by atoms with Gasteiger partial charge in [0.05, 0.1) is 18.8 Å². The molecular weight excluding hydrogens is 268 g/mol. The number of ether oxygens (including phenoxy) is 1. The maximum atomic E-state index is 11.5. The summed E-state index contributed by atoms with van der Waals surface area (Å²) in [5.74, 6) is 0.518. The van der Waals surface area contributed by atoms with Crippen molar-refractivity contribution in [1.29, 1.82) is 0 Å². The van der Waals surface area contributed by atoms with Crippen molar-refractivity contribution in [3.63, 3.8) is 0 Å². The number of hydrogen-bond donors (Lipinski definition) is 0. The first kappa shape index (κ1) is 15.3. The number of carbonyl (C=O) groups excluding carboxylic acids is 1. The predicted molar refractivity (Wildman–Crippen MR) is 79.5 cm³/mol. The lowest BCUT2D eigenvalue weighted by molar-refractivity contribution is -0.144. The van der Waals surface area contributed by atoms with Crippen LogP contribution in [-0.2, 0) is 16.1 Å². The van der Waals surface area contributed by atoms with E-state index in [2.05, 4.69) is 5.16 Å². The van der Waals surface area contributed by atoms with Gasteiger partial charge in [0.15, 0.2) is 5.76 Å². The minimum atomic E-state index is -0.217. The van der Waals surface area contributed by atoms with Crippen molar-refractivity contribution >= 4 is 5.97 Å². The van der Waals surface area contributed by atoms with Crippen LogP contribution in [0.5, 0.6) is 0 Å². The fourth-order valence-corrected chi connectivity index (χ4v) is 2.02. The predicted octanol–water partition coefficient (Wildman–Crippen LogP) is 2.73. The topological polar surface area (TPSA) is 55.6 Å². The molecule has 0 atom stereocenters. The van der Waals surface area contributed by atoms with E-state index >= 15 is 0 Å². The molecule has 0 amide bonds. The summed E-state index contributed by atoms with van der Waals surface area (Å²) in [6.45, 7) is 5.77. The van der Waals surface area contributed by atoms with Gasteiger partial charge in [0.1, 0.15) is 0 Å². The van der Waals surface area contributed by atoms with Gasteiger partial charge in [-0.3, -0.25) is 9.69 Å². The molecule has 5 nitrogen and oxygen atoms in total. The lowest BCUT2D eigenvalue weighted by Gasteiger charge is -2.17. The number of nitrogens with zero attached hydrogens (tertiary/aromatic N) is 2. The van der Waals surface area contributed by atoms with E-state index in [1.165, 1.54) is 0 Å². The molecule has 0 unspecified atom stereocenters. The van der Waals surface area contributed by atoms with Gasteiger partial charge >= 0.3 is 5.97 Å². The molecule has 0 aliphatic heterocycles. The number of hydrogen-bond acceptors (Lipinski definition) is 5. The molecule has 0 saturated heterocycles. The van der Waals surface area contributed by atoms with Gasteiger partial charge in [0.25, 0.3) is 0 Å². The number of esters is 1. The van der Waals surface area contributed by atoms with Crippen molar-refractivity contribution in [1.82, 2.24) is 10.1 Å². The van der Waals surface area contributed by atoms with Crippen LogP contribution in [0.1, 0.15) is 19.5 Å². The number of rotatable bonds is 7. The van der Waals surface area contributed by atoms with E-state index in [0.29, 0.717) is 13.2 Å². The van der Waals surface area contributed by atoms with Crippen LogP contribution in [-0.4, -0.2) is 35.7 Å². The smallest absolute Gasteiger partial charge is 0.320 e. The Morgan fingerprint density at radius 2 is 2.05 bits per heavy atom. The van der Waals surface area contributed by atoms with E-state index in [4.69, 9.17) is 9.26 Å². The third kappa shape index (κ3) is 4.43. The number of carbonyl (C=O) groups is 1. The lowest BCUT2D eigenvalue weighted by Crippen LogP contribution is -2.30. The summed E-state index contributed by atoms with van der Waals surface area (Å²) in [5, 5.41) is 4.06. The van der Waals surface area contributed by atoms with Crippen molar-refractivity contribution in [2.45, 2.75) is 20.4 Å². The van der Waals surface area contributed by atoms with E-state index in [1.54, 1.807) is 6.92 Å². The highest BCUT2D eigenvalue weighted by Gasteiger charge is 2.13. The Kier molecular flexibility index (Phi) is 5.51. The first-order valence-corrected chi connectivity index (χ1v) is 7.12. The fourth-order valence-electron chi connectivity index (χ4n) is 2.02. The van der Waals surface area contributed by atoms with Crippen LogP contribution in [0, 0.1) is 0 Å². The largest absolute Gasteiger partial charge is 0.465 e. The summed E-state index contributed by atoms with van der Waals surface area (Å²) in [6, 6.07) is 11.7. The fraction of sp³-hybridized carbons (Fsp3) is 0.375. The highest BCUT2D eigenvalue weighted by molar-refractivity contribution is 5.71. The molecule has 5 heteroatoms. The maximum absolute atomic E-state index is 11.5. The Bertz CT molecular complexity index is 566. The van der Waals surface area contributed by atoms with Crippen LogP contribution >= 0.6 is 0 Å². The van der Waals surface area contributed by atoms with Gasteiger partial charge < -0.3 is 9.26 Å². The lowest BCUT2D eigenvalue weighted by atomic mass is 10.1. The quantitative estimate of drug-likeness (QED) is 0.733. The van der Waals surface area contributed by atoms with Crippen molar-refractivity contribution in [2.75, 3.05) is 19.7 Å². The van der Waals surface area contributed by atoms with Crippen LogP contribution < -0.4 is 0 Å². The van der Waals surface area contributed by atoms with E-state index in [0.717, 1.165) is 23.6 Å². The second kappa shape index (κ2) is 7.59. The summed E-state index contributed by atoms with van der Waals surface area (Å²) in [4.78, 5) is 13.5. The average molecular weight is 288 g/mol. The van der Waals surface area contributed by atoms with Crippen molar-refractivity contribution in [3.05, 3.63) is 42.1 Å². The SMILES string of the molecule is CCOC(=O)CN(CC)Cc1cc(-c2ccccc2)on1. The summed E-state index contributed by atoms with van der Waals surface area (Å²) in [5.41, 5.74) is 1.80. The van der Waals surface area contributed by atoms with Gasteiger partial charge in [0, 0.05) is 18.2 Å². The molecule has 0 radical (unpaired) electrons. The van der Waals surface area contributed by atoms with E-state index in [9.17, 15) is 4.79 Å². The van der Waals surface area contributed by atoms with Gasteiger partial charge in [0.2, 0.25) is 0 Å². The molecule has 0 fully saturated rings. The molecule has 1 aromatic heterocycles. The molecule has 21 heavy (non-hydrogen) atoms. The maximum Gasteiger partial charge on any atom is 0.320 e. The molecule has 0 bridgehead atoms. The Morgan fingerprint density at radius 3 is 2.71 bits per heavy atom. The number of likely N-dealkylation sites (N-methyl/N-ethyl adjacent to an activating group) is 1. The molecule has 0 spiro atoms. The molecule has 1 heterocycles. The Hall–Kier alpha value is -2.14. The average Bonchev–Trinajstić information content (AvgIpc) is 2.96. The molecular formula is C16H20N2O3. The summed E-state index contributed by atoms with van der Waals surface area (Å²) in [6.07, 6.45) is 0. The third-order valence-electron chi connectivity index (χ3n) is 3.11. The Morgan fingerprint density at radius 1 is 1.29 bits per heavy atom. The highest BCUT2D eigenvalue weighted by atomic mass is 16.5. The van der Waals surface area contributed by atoms with E-state index < -0.39 is 0 Å². The molecule has 2 rings (SSSR count). The van der Waals surface area contributed by atoms with Crippen LogP contribution in [0.2, 0.25) is 0 Å². The molecule has 0 aliphatic rings. The molecule has 1 aromatic carbocycles. The number of benzene rings is 1. The van der Waals surface area contributed by atoms with Crippen molar-refractivity contribution < 1.29 is 14.1 Å². The summed E-state index contributed by atoms with van der Waals surface area (Å²) >= 11 is 0. The van der Waals surface area contributed by atoms with E-state index in [-0.39, 0.29) is 12.5 Å². The zero-order valence-corrected chi connectivity index (χ0v) is 12.4. The van der Waals surface area contributed by atoms with Crippen LogP contribution in [0.15, 0.2) is 40.9 Å². The van der Waals surface area contributed by atoms with Gasteiger partial charge in [-0.1, -0.05) is 42.4 Å². The van der Waals surface area contributed by atoms with Crippen molar-refractivity contribution in [3.8, 4) is 11.3 Å². The summed E-state index contributed by atoms with van der Waals surface area (Å²) < 4.78 is 10.3. The van der Waals surface area contributed by atoms with Crippen molar-refractivity contribution in [2.24, 2.45) is 0 Å². The van der Waals surface area contributed by atoms with Gasteiger partial charge in [-0.15, -0.1) is 0 Å². The van der Waals surface area contributed by atoms with Crippen LogP contribution in [0.4, 0.5) is 0 Å². The zero-order chi connectivity index (χ0) is 15.1. The first-order valence-electron chi connectivity index (χ1n) is 7.12. The van der Waals surface area contributed by atoms with Gasteiger partial charge in [-0.2, -0.15) is 0 Å². The van der Waals surface area contributed by atoms with Crippen LogP contribution in [0.25, 0.3) is 11.3 Å². The second-order valence-electron chi connectivity index (χ2n) is 4.66. The number of aromatic nitrogens is 1. The van der Waals surface area contributed by atoms with Gasteiger partial charge in [-0.05, 0) is 13.5 Å². The Labute approximate surface area is 124 Å². The Balaban J connectivity index is 1.99. The zero-order valence-electron chi connectivity index (χ0n) is 12.4. The van der Waals surface area contributed by atoms with E-state index in [1.807, 2.05) is 48.2 Å².